The highest BCUT2D eigenvalue weighted by atomic mass is 32.3. The normalized spacial score (nSPS) is 30.0. The Kier molecular flexibility index (Phi) is 19.1. The van der Waals surface area contributed by atoms with Crippen molar-refractivity contribution in [3.05, 3.63) is 36.4 Å². The van der Waals surface area contributed by atoms with Crippen LogP contribution in [0.1, 0.15) is 38.7 Å². The summed E-state index contributed by atoms with van der Waals surface area (Å²) in [7, 11) is 0. The van der Waals surface area contributed by atoms with E-state index in [2.05, 4.69) is 37.3 Å². The van der Waals surface area contributed by atoms with E-state index in [4.69, 9.17) is 10.5 Å². The van der Waals surface area contributed by atoms with E-state index in [-0.39, 0.29) is 25.3 Å². The summed E-state index contributed by atoms with van der Waals surface area (Å²) in [5.41, 5.74) is 5.98. The monoisotopic (exact) mass is 976 g/mol. The predicted octanol–water partition coefficient (Wildman–Crippen LogP) is -5.31. The van der Waals surface area contributed by atoms with Gasteiger partial charge < -0.3 is 86.8 Å². The maximum atomic E-state index is 14.6. The Hall–Kier alpha value is -5.40. The van der Waals surface area contributed by atoms with Crippen molar-refractivity contribution in [3.63, 3.8) is 0 Å². The molecule has 0 spiro atoms. The van der Waals surface area contributed by atoms with Crippen LogP contribution in [0.4, 0.5) is 4.79 Å². The highest BCUT2D eigenvalue weighted by Crippen LogP contribution is 2.40. The molecule has 376 valence electrons. The number of carbonyl (C=O) groups is 7. The van der Waals surface area contributed by atoms with Crippen molar-refractivity contribution in [2.24, 2.45) is 11.7 Å². The number of hydrogen-bond donors (Lipinski definition) is 16. The fraction of sp³-hybridized carbons (Fsp3) is 0.615. The van der Waals surface area contributed by atoms with Gasteiger partial charge in [-0.2, -0.15) is 0 Å². The second-order valence-electron chi connectivity index (χ2n) is 16.5. The number of carbonyl (C=O) groups excluding carboxylic acids is 7. The first-order chi connectivity index (χ1) is 31.3. The average molecular weight is 977 g/mol. The molecule has 28 heteroatoms. The maximum Gasteiger partial charge on any atom is 0.407 e. The van der Waals surface area contributed by atoms with Gasteiger partial charge in [-0.3, -0.25) is 42.4 Å². The fourth-order valence-corrected chi connectivity index (χ4v) is 8.10. The third-order valence-electron chi connectivity index (χ3n) is 11.2. The van der Waals surface area contributed by atoms with Crippen molar-refractivity contribution in [2.45, 2.75) is 112 Å². The van der Waals surface area contributed by atoms with E-state index >= 15 is 0 Å². The highest BCUT2D eigenvalue weighted by molar-refractivity contribution is 8.15. The zero-order valence-corrected chi connectivity index (χ0v) is 37.2. The third kappa shape index (κ3) is 14.5. The average Bonchev–Trinajstić information content (AvgIpc) is 3.79. The minimum Gasteiger partial charge on any atom is -0.504 e. The van der Waals surface area contributed by atoms with Gasteiger partial charge in [-0.15, -0.1) is 0 Å². The number of amides is 7. The highest BCUT2D eigenvalue weighted by Gasteiger charge is 2.49. The lowest BCUT2D eigenvalue weighted by Crippen LogP contribution is -2.64. The first kappa shape index (κ1) is 54.2. The summed E-state index contributed by atoms with van der Waals surface area (Å²) in [4.78, 5) is 97.9. The SMILES string of the molecule is C=CCOC(=O)NCC[C@@H](O)[C@@H]1NC(=O)[C@H]([C@H](O)Cc2ccc(O)c(OS(O)(O)O)c2)NC(=O)[C@@H]2C[C@@H](O)CN2C(=O)[C@H]([C@@H](C)O)NC(=O)C(N)C[C@@H](O)CNC(=O)[C@@H]2[C@@H](O)[C@@H](C)CN2C1=O. The fourth-order valence-electron chi connectivity index (χ4n) is 7.73. The Morgan fingerprint density at radius 3 is 2.18 bits per heavy atom. The molecule has 3 aliphatic rings. The number of aliphatic hydroxyl groups excluding tert-OH is 6. The number of benzene rings is 1. The van der Waals surface area contributed by atoms with Crippen molar-refractivity contribution in [1.82, 2.24) is 36.4 Å². The Labute approximate surface area is 385 Å². The first-order valence-corrected chi connectivity index (χ1v) is 22.4. The Morgan fingerprint density at radius 2 is 1.54 bits per heavy atom. The molecular weight excluding hydrogens is 917 g/mol. The number of β-amino-alcohol motifs (C(OH)–C–C–N with tert-alkyl or cyclic N) is 1. The smallest absolute Gasteiger partial charge is 0.407 e. The van der Waals surface area contributed by atoms with Crippen LogP contribution in [-0.2, 0) is 39.9 Å². The van der Waals surface area contributed by atoms with Gasteiger partial charge in [0.1, 0.15) is 36.8 Å². The summed E-state index contributed by atoms with van der Waals surface area (Å²) in [5.74, 6) is -9.22. The maximum absolute atomic E-state index is 14.6. The molecule has 67 heavy (non-hydrogen) atoms. The number of phenolic OH excluding ortho intramolecular Hbond substituents is 1. The summed E-state index contributed by atoms with van der Waals surface area (Å²) < 4.78 is 37.7. The molecule has 3 aliphatic heterocycles. The summed E-state index contributed by atoms with van der Waals surface area (Å²) in [6, 6.07) is -7.99. The van der Waals surface area contributed by atoms with Gasteiger partial charge in [0.2, 0.25) is 35.4 Å². The van der Waals surface area contributed by atoms with Gasteiger partial charge in [-0.25, -0.2) is 4.79 Å². The van der Waals surface area contributed by atoms with Crippen LogP contribution in [0.2, 0.25) is 0 Å². The van der Waals surface area contributed by atoms with E-state index in [1.165, 1.54) is 19.1 Å². The molecule has 1 aromatic carbocycles. The number of rotatable bonds is 12. The third-order valence-corrected chi connectivity index (χ3v) is 11.6. The Bertz CT molecular complexity index is 1980. The van der Waals surface area contributed by atoms with Crippen LogP contribution in [0.15, 0.2) is 30.9 Å². The molecule has 3 fully saturated rings. The number of nitrogens with zero attached hydrogens (tertiary/aromatic N) is 2. The van der Waals surface area contributed by atoms with E-state index in [9.17, 15) is 83.0 Å². The van der Waals surface area contributed by atoms with Crippen molar-refractivity contribution < 1.29 is 91.9 Å². The second kappa shape index (κ2) is 23.6. The molecule has 0 aromatic heterocycles. The Morgan fingerprint density at radius 1 is 0.896 bits per heavy atom. The van der Waals surface area contributed by atoms with Gasteiger partial charge in [0.05, 0.1) is 42.7 Å². The lowest BCUT2D eigenvalue weighted by Gasteiger charge is -2.34. The number of nitrogens with two attached hydrogens (primary N) is 1. The zero-order valence-electron chi connectivity index (χ0n) is 36.4. The number of hydrogen-bond acceptors (Lipinski definition) is 20. The summed E-state index contributed by atoms with van der Waals surface area (Å²) in [5, 5.41) is 88.2. The summed E-state index contributed by atoms with van der Waals surface area (Å²) >= 11 is -4.70. The Balaban J connectivity index is 1.82. The van der Waals surface area contributed by atoms with E-state index in [1.54, 1.807) is 0 Å². The van der Waals surface area contributed by atoms with Crippen LogP contribution >= 0.6 is 11.2 Å². The number of fused-ring (bicyclic) bond motifs is 2. The lowest BCUT2D eigenvalue weighted by atomic mass is 9.98. The number of nitrogens with one attached hydrogen (secondary N) is 5. The number of phenols is 1. The molecule has 0 bridgehead atoms. The molecule has 0 aliphatic carbocycles. The zero-order chi connectivity index (χ0) is 50.1. The minimum atomic E-state index is -4.70. The van der Waals surface area contributed by atoms with E-state index in [0.29, 0.717) is 0 Å². The van der Waals surface area contributed by atoms with Gasteiger partial charge in [-0.1, -0.05) is 25.6 Å². The molecule has 1 aromatic rings. The van der Waals surface area contributed by atoms with Crippen LogP contribution < -0.4 is 36.5 Å². The topological polar surface area (TPSA) is 433 Å². The van der Waals surface area contributed by atoms with Crippen LogP contribution in [0.3, 0.4) is 0 Å². The molecule has 0 radical (unpaired) electrons. The van der Waals surface area contributed by atoms with E-state index < -0.39 is 182 Å². The van der Waals surface area contributed by atoms with Gasteiger partial charge in [0, 0.05) is 44.9 Å². The van der Waals surface area contributed by atoms with Crippen LogP contribution in [0.25, 0.3) is 0 Å². The molecule has 13 atom stereocenters. The largest absolute Gasteiger partial charge is 0.504 e. The number of ether oxygens (including phenoxy) is 1. The number of aliphatic hydroxyl groups is 6. The molecule has 17 N–H and O–H groups in total. The number of aromatic hydroxyl groups is 1. The summed E-state index contributed by atoms with van der Waals surface area (Å²) in [6.45, 7) is 3.98. The molecule has 3 saturated heterocycles. The van der Waals surface area contributed by atoms with Crippen LogP contribution in [-0.4, -0.2) is 206 Å². The first-order valence-electron chi connectivity index (χ1n) is 21.0. The van der Waals surface area contributed by atoms with E-state index in [1.807, 2.05) is 0 Å². The molecule has 4 rings (SSSR count). The second-order valence-corrected chi connectivity index (χ2v) is 17.6. The van der Waals surface area contributed by atoms with E-state index in [0.717, 1.165) is 28.9 Å². The van der Waals surface area contributed by atoms with Crippen LogP contribution in [0, 0.1) is 5.92 Å². The molecule has 7 amide bonds. The van der Waals surface area contributed by atoms with Crippen molar-refractivity contribution in [2.75, 3.05) is 32.8 Å². The van der Waals surface area contributed by atoms with Crippen molar-refractivity contribution in [1.29, 1.82) is 0 Å². The van der Waals surface area contributed by atoms with Crippen molar-refractivity contribution >= 4 is 52.7 Å². The van der Waals surface area contributed by atoms with Crippen LogP contribution in [0.5, 0.6) is 11.5 Å². The van der Waals surface area contributed by atoms with Gasteiger partial charge in [-0.05, 0) is 37.5 Å². The molecule has 27 nitrogen and oxygen atoms in total. The van der Waals surface area contributed by atoms with Gasteiger partial charge in [0.15, 0.2) is 11.5 Å². The summed E-state index contributed by atoms with van der Waals surface area (Å²) in [6.07, 6.45) is -12.0. The lowest BCUT2D eigenvalue weighted by molar-refractivity contribution is -0.147. The standard InChI is InChI=1S/C39H60N8O19S/c1-4-9-65-39(61)41-8-7-25(52)30-38(60)47-15-17(2)32(54)31(47)36(58)42-14-20(49)12-22(40)33(55)43-28(18(3)48)37(59)46-16-21(50)13-23(46)34(56)44-29(35(57)45-30)26(53)10-19-5-6-24(51)27(11-19)66-67(62,63)64/h4-6,11,17-18,20-23,25-26,28-32,48-54,62-64H,1,7-10,12-16,40H2,2-3H3,(H,41,61)(H,42,58)(H,43,55)(H,44,56)(H,45,57)/t17-,18+,20+,21+,22?,23-,25+,26+,28-,29-,30-,31-,32-/m0/s1. The van der Waals surface area contributed by atoms with Crippen molar-refractivity contribution in [3.8, 4) is 11.5 Å². The molecule has 0 saturated carbocycles. The van der Waals surface area contributed by atoms with Gasteiger partial charge in [0.25, 0.3) is 11.2 Å². The molecule has 3 heterocycles. The molecular formula is C39H60N8O19S. The minimum absolute atomic E-state index is 0.0451. The van der Waals surface area contributed by atoms with Gasteiger partial charge >= 0.3 is 6.09 Å². The predicted molar refractivity (Wildman–Crippen MR) is 230 cm³/mol. The molecule has 1 unspecified atom stereocenters. The quantitative estimate of drug-likeness (QED) is 0.0870. The number of alkyl carbamates (subject to hydrolysis) is 1.